The molecule has 1 fully saturated rings. The molecule has 0 saturated carbocycles. The van der Waals surface area contributed by atoms with Crippen molar-refractivity contribution in [3.8, 4) is 0 Å². The number of hydrogen-bond donors (Lipinski definition) is 4. The topological polar surface area (TPSA) is 225 Å². The summed E-state index contributed by atoms with van der Waals surface area (Å²) >= 11 is 0. The van der Waals surface area contributed by atoms with Crippen LogP contribution in [0, 0.1) is 11.8 Å². The Bertz CT molecular complexity index is 1570. The van der Waals surface area contributed by atoms with Crippen LogP contribution in [-0.2, 0) is 47.7 Å². The number of carbonyl (C=O) groups excluding carboxylic acids is 5. The Morgan fingerprint density at radius 3 is 1.08 bits per heavy atom. The summed E-state index contributed by atoms with van der Waals surface area (Å²) in [4.78, 5) is 70.0. The lowest BCUT2D eigenvalue weighted by atomic mass is 10.1. The number of nitrogens with zero attached hydrogens (tertiary/aromatic N) is 4. The summed E-state index contributed by atoms with van der Waals surface area (Å²) in [6.45, 7) is 23.5. The molecule has 4 unspecified atom stereocenters. The highest BCUT2D eigenvalue weighted by Crippen LogP contribution is 2.23. The Kier molecular flexibility index (Phi) is 53.9. The van der Waals surface area contributed by atoms with Crippen LogP contribution in [0.1, 0.15) is 234 Å². The number of aliphatic hydroxyl groups is 4. The number of rotatable bonds is 60. The molecule has 1 rings (SSSR count). The Balaban J connectivity index is 2.44. The molecule has 0 spiro atoms. The van der Waals surface area contributed by atoms with Gasteiger partial charge in [-0.05, 0) is 121 Å². The summed E-state index contributed by atoms with van der Waals surface area (Å²) in [6.07, 6.45) is 19.7. The van der Waals surface area contributed by atoms with Crippen LogP contribution in [0.4, 0.5) is 0 Å². The van der Waals surface area contributed by atoms with Gasteiger partial charge in [-0.15, -0.1) is 0 Å². The van der Waals surface area contributed by atoms with Gasteiger partial charge < -0.3 is 44.1 Å². The molecule has 1 heterocycles. The first-order valence-electron chi connectivity index (χ1n) is 34.1. The first-order valence-corrected chi connectivity index (χ1v) is 36.6. The van der Waals surface area contributed by atoms with Gasteiger partial charge in [0.15, 0.2) is 0 Å². The van der Waals surface area contributed by atoms with Crippen LogP contribution in [0.2, 0.25) is 0 Å². The fourth-order valence-electron chi connectivity index (χ4n) is 9.98. The number of esters is 5. The SMILES string of the molecule is CCCCOC(=O)CCCCC(O)CN(CCCSSCCN1CCN(CCOC(=O)CCCCN(CC(O)CCCCCCC(=O)OCCC(C)C)CC(O)CCCCCCC(=O)OCCC(C)C)CC1)CC(O)CCCCC(=O)OCCCC. The molecular formula is C66H126N4O14S2. The average Bonchev–Trinajstić information content (AvgIpc) is 3.66. The van der Waals surface area contributed by atoms with Gasteiger partial charge in [-0.3, -0.25) is 43.6 Å². The smallest absolute Gasteiger partial charge is 0.305 e. The van der Waals surface area contributed by atoms with Gasteiger partial charge in [0.05, 0.1) is 50.8 Å². The van der Waals surface area contributed by atoms with Gasteiger partial charge in [0, 0.05) is 109 Å². The molecule has 0 amide bonds. The van der Waals surface area contributed by atoms with E-state index in [0.29, 0.717) is 161 Å². The molecule has 0 aromatic carbocycles. The van der Waals surface area contributed by atoms with Crippen LogP contribution in [0.3, 0.4) is 0 Å². The predicted octanol–water partition coefficient (Wildman–Crippen LogP) is 10.8. The van der Waals surface area contributed by atoms with Gasteiger partial charge in [-0.2, -0.15) is 0 Å². The van der Waals surface area contributed by atoms with E-state index in [9.17, 15) is 44.4 Å². The van der Waals surface area contributed by atoms with Crippen molar-refractivity contribution in [3.63, 3.8) is 0 Å². The molecular weight excluding hydrogens is 1140 g/mol. The highest BCUT2D eigenvalue weighted by atomic mass is 33.1. The molecule has 0 aromatic rings. The van der Waals surface area contributed by atoms with Crippen molar-refractivity contribution in [1.82, 2.24) is 19.6 Å². The van der Waals surface area contributed by atoms with Crippen LogP contribution in [0.5, 0.6) is 0 Å². The second kappa shape index (κ2) is 56.7. The lowest BCUT2D eigenvalue weighted by Gasteiger charge is -2.34. The van der Waals surface area contributed by atoms with E-state index < -0.39 is 24.4 Å². The zero-order valence-electron chi connectivity index (χ0n) is 55.1. The van der Waals surface area contributed by atoms with Crippen molar-refractivity contribution in [1.29, 1.82) is 0 Å². The summed E-state index contributed by atoms with van der Waals surface area (Å²) in [5, 5.41) is 44.0. The summed E-state index contributed by atoms with van der Waals surface area (Å²) in [6, 6.07) is 0. The maximum atomic E-state index is 12.8. The number of carbonyl (C=O) groups is 5. The molecule has 20 heteroatoms. The molecule has 1 aliphatic heterocycles. The largest absolute Gasteiger partial charge is 0.466 e. The van der Waals surface area contributed by atoms with Crippen LogP contribution >= 0.6 is 21.6 Å². The minimum Gasteiger partial charge on any atom is -0.466 e. The molecule has 506 valence electrons. The van der Waals surface area contributed by atoms with Crippen molar-refractivity contribution in [3.05, 3.63) is 0 Å². The van der Waals surface area contributed by atoms with E-state index in [1.165, 1.54) is 0 Å². The summed E-state index contributed by atoms with van der Waals surface area (Å²) in [7, 11) is 3.74. The second-order valence-corrected chi connectivity index (χ2v) is 27.5. The number of piperazine rings is 1. The van der Waals surface area contributed by atoms with Gasteiger partial charge in [0.1, 0.15) is 6.61 Å². The van der Waals surface area contributed by atoms with Gasteiger partial charge in [-0.1, -0.05) is 127 Å². The molecule has 1 aliphatic rings. The van der Waals surface area contributed by atoms with Crippen molar-refractivity contribution in [2.24, 2.45) is 11.8 Å². The number of hydrogen-bond acceptors (Lipinski definition) is 20. The van der Waals surface area contributed by atoms with Gasteiger partial charge in [0.2, 0.25) is 0 Å². The normalized spacial score (nSPS) is 14.7. The fraction of sp³-hybridized carbons (Fsp3) is 0.924. The van der Waals surface area contributed by atoms with Crippen molar-refractivity contribution in [2.75, 3.05) is 123 Å². The molecule has 0 aliphatic carbocycles. The Hall–Kier alpha value is -2.27. The predicted molar refractivity (Wildman–Crippen MR) is 349 cm³/mol. The molecule has 0 radical (unpaired) electrons. The third kappa shape index (κ3) is 52.5. The Morgan fingerprint density at radius 1 is 0.372 bits per heavy atom. The van der Waals surface area contributed by atoms with Gasteiger partial charge in [0.25, 0.3) is 0 Å². The fourth-order valence-corrected chi connectivity index (χ4v) is 12.1. The van der Waals surface area contributed by atoms with Crippen LogP contribution in [-0.4, -0.2) is 217 Å². The van der Waals surface area contributed by atoms with Crippen LogP contribution < -0.4 is 0 Å². The summed E-state index contributed by atoms with van der Waals surface area (Å²) in [5.41, 5.74) is 0. The minimum atomic E-state index is -0.554. The maximum Gasteiger partial charge on any atom is 0.305 e. The molecule has 18 nitrogen and oxygen atoms in total. The molecule has 86 heavy (non-hydrogen) atoms. The highest BCUT2D eigenvalue weighted by Gasteiger charge is 2.21. The monoisotopic (exact) mass is 1260 g/mol. The van der Waals surface area contributed by atoms with E-state index in [1.807, 2.05) is 21.6 Å². The molecule has 0 aromatic heterocycles. The van der Waals surface area contributed by atoms with Crippen LogP contribution in [0.25, 0.3) is 0 Å². The molecule has 1 saturated heterocycles. The zero-order chi connectivity index (χ0) is 63.3. The molecule has 4 N–H and O–H groups in total. The van der Waals surface area contributed by atoms with E-state index >= 15 is 0 Å². The van der Waals surface area contributed by atoms with Gasteiger partial charge >= 0.3 is 29.8 Å². The van der Waals surface area contributed by atoms with E-state index in [-0.39, 0.29) is 29.8 Å². The third-order valence-electron chi connectivity index (χ3n) is 15.5. The van der Waals surface area contributed by atoms with E-state index in [1.54, 1.807) is 0 Å². The van der Waals surface area contributed by atoms with E-state index in [2.05, 4.69) is 61.1 Å². The standard InChI is InChI=1S/C66H126N4O14S2/c1-7-9-45-80-62(75)32-21-19-28-60(73)54-70(55-61(74)29-20-22-33-63(76)81-46-10-8-2)38-25-50-85-86-51-44-68-41-39-67(40-42-68)43-49-84-66(79)34-23-24-37-69(52-58(71)26-15-11-13-17-30-64(77)82-47-35-56(3)4)53-59(72)27-16-12-14-18-31-65(78)83-48-36-57(5)6/h56-61,71-74H,7-55H2,1-6H3. The number of ether oxygens (including phenoxy) is 5. The number of aliphatic hydroxyl groups excluding tert-OH is 4. The Labute approximate surface area is 530 Å². The lowest BCUT2D eigenvalue weighted by Crippen LogP contribution is -2.47. The molecule has 4 atom stereocenters. The summed E-state index contributed by atoms with van der Waals surface area (Å²) < 4.78 is 26.9. The number of unbranched alkanes of at least 4 members (excludes halogenated alkanes) is 11. The zero-order valence-corrected chi connectivity index (χ0v) is 56.7. The lowest BCUT2D eigenvalue weighted by molar-refractivity contribution is -0.145. The van der Waals surface area contributed by atoms with Crippen molar-refractivity contribution in [2.45, 2.75) is 259 Å². The third-order valence-corrected chi connectivity index (χ3v) is 18.0. The van der Waals surface area contributed by atoms with Crippen LogP contribution in [0.15, 0.2) is 0 Å². The minimum absolute atomic E-state index is 0.139. The van der Waals surface area contributed by atoms with E-state index in [0.717, 1.165) is 166 Å². The first-order chi connectivity index (χ1) is 41.5. The first kappa shape index (κ1) is 81.7. The average molecular weight is 1260 g/mol. The maximum absolute atomic E-state index is 12.8. The summed E-state index contributed by atoms with van der Waals surface area (Å²) in [5.74, 6) is 2.14. The van der Waals surface area contributed by atoms with Crippen molar-refractivity contribution < 1.29 is 68.1 Å². The molecule has 0 bridgehead atoms. The van der Waals surface area contributed by atoms with E-state index in [4.69, 9.17) is 23.7 Å². The Morgan fingerprint density at radius 2 is 0.686 bits per heavy atom. The second-order valence-electron chi connectivity index (χ2n) is 24.8. The van der Waals surface area contributed by atoms with Gasteiger partial charge in [-0.25, -0.2) is 0 Å². The quantitative estimate of drug-likeness (QED) is 0.0192. The van der Waals surface area contributed by atoms with Crippen molar-refractivity contribution >= 4 is 51.4 Å². The highest BCUT2D eigenvalue weighted by molar-refractivity contribution is 8.76.